The minimum absolute atomic E-state index is 0.262. The van der Waals surface area contributed by atoms with Crippen LogP contribution in [0.25, 0.3) is 22.1 Å². The Hall–Kier alpha value is -2.98. The van der Waals surface area contributed by atoms with E-state index in [-0.39, 0.29) is 18.2 Å². The first-order valence-corrected chi connectivity index (χ1v) is 8.59. The van der Waals surface area contributed by atoms with E-state index in [0.717, 1.165) is 22.1 Å². The summed E-state index contributed by atoms with van der Waals surface area (Å²) in [5, 5.41) is 4.24. The van der Waals surface area contributed by atoms with E-state index in [9.17, 15) is 4.79 Å². The highest BCUT2D eigenvalue weighted by Crippen LogP contribution is 2.36. The Labute approximate surface area is 155 Å². The van der Waals surface area contributed by atoms with E-state index >= 15 is 0 Å². The number of nitrogens with one attached hydrogen (secondary N) is 1. The second-order valence-corrected chi connectivity index (χ2v) is 6.51. The van der Waals surface area contributed by atoms with Crippen LogP contribution in [0.2, 0.25) is 5.02 Å². The summed E-state index contributed by atoms with van der Waals surface area (Å²) in [5.41, 5.74) is 3.40. The van der Waals surface area contributed by atoms with Crippen LogP contribution in [0.4, 0.5) is 0 Å². The topological polar surface area (TPSA) is 55.4 Å². The van der Waals surface area contributed by atoms with Gasteiger partial charge < -0.3 is 14.2 Å². The molecule has 2 heterocycles. The fraction of sp³-hybridized carbons (Fsp3) is 0.0952. The minimum atomic E-state index is -0.302. The second kappa shape index (κ2) is 6.73. The first-order chi connectivity index (χ1) is 12.6. The molecule has 4 aromatic rings. The number of halogens is 1. The Kier molecular flexibility index (Phi) is 4.27. The number of carbonyl (C=O) groups is 1. The molecular weight excluding hydrogens is 350 g/mol. The number of furan rings is 2. The fourth-order valence-electron chi connectivity index (χ4n) is 2.90. The molecule has 0 spiro atoms. The molecule has 4 rings (SSSR count). The van der Waals surface area contributed by atoms with E-state index in [4.69, 9.17) is 20.4 Å². The molecule has 1 N–H and O–H groups in total. The lowest BCUT2D eigenvalue weighted by Crippen LogP contribution is -2.22. The molecule has 0 saturated heterocycles. The van der Waals surface area contributed by atoms with Gasteiger partial charge in [-0.05, 0) is 42.8 Å². The van der Waals surface area contributed by atoms with Crippen LogP contribution in [0.3, 0.4) is 0 Å². The van der Waals surface area contributed by atoms with Crippen molar-refractivity contribution in [1.82, 2.24) is 5.32 Å². The van der Waals surface area contributed by atoms with Gasteiger partial charge in [0.1, 0.15) is 11.3 Å². The van der Waals surface area contributed by atoms with E-state index in [1.165, 1.54) is 0 Å². The molecule has 5 heteroatoms. The molecule has 0 aliphatic carbocycles. The molecule has 1 amide bonds. The van der Waals surface area contributed by atoms with Crippen molar-refractivity contribution in [2.24, 2.45) is 0 Å². The van der Waals surface area contributed by atoms with Crippen LogP contribution in [0.1, 0.15) is 21.9 Å². The number of aryl methyl sites for hydroxylation is 1. The smallest absolute Gasteiger partial charge is 0.288 e. The molecule has 26 heavy (non-hydrogen) atoms. The summed E-state index contributed by atoms with van der Waals surface area (Å²) < 4.78 is 11.1. The Balaban J connectivity index is 1.78. The van der Waals surface area contributed by atoms with Gasteiger partial charge in [0.05, 0.1) is 12.8 Å². The average molecular weight is 366 g/mol. The number of benzene rings is 2. The molecule has 0 aliphatic heterocycles. The van der Waals surface area contributed by atoms with Gasteiger partial charge in [-0.2, -0.15) is 0 Å². The maximum Gasteiger partial charge on any atom is 0.288 e. The van der Waals surface area contributed by atoms with Gasteiger partial charge in [0.2, 0.25) is 5.76 Å². The highest BCUT2D eigenvalue weighted by atomic mass is 35.5. The molecule has 2 aromatic heterocycles. The van der Waals surface area contributed by atoms with Gasteiger partial charge in [0, 0.05) is 16.0 Å². The van der Waals surface area contributed by atoms with Gasteiger partial charge >= 0.3 is 0 Å². The quantitative estimate of drug-likeness (QED) is 0.513. The van der Waals surface area contributed by atoms with Crippen molar-refractivity contribution in [3.8, 4) is 11.1 Å². The van der Waals surface area contributed by atoms with Crippen molar-refractivity contribution in [1.29, 1.82) is 0 Å². The van der Waals surface area contributed by atoms with Crippen molar-refractivity contribution in [3.63, 3.8) is 0 Å². The minimum Gasteiger partial charge on any atom is -0.467 e. The summed E-state index contributed by atoms with van der Waals surface area (Å²) in [6.07, 6.45) is 1.57. The molecule has 2 aromatic carbocycles. The highest BCUT2D eigenvalue weighted by Gasteiger charge is 2.22. The predicted molar refractivity (Wildman–Crippen MR) is 101 cm³/mol. The standard InChI is InChI=1S/C21H16ClNO3/c1-13-4-6-14(7-5-13)19-17-11-15(22)8-9-18(17)26-20(19)21(24)23-12-16-3-2-10-25-16/h2-11H,12H2,1H3,(H,23,24). The monoisotopic (exact) mass is 365 g/mol. The van der Waals surface area contributed by atoms with Crippen LogP contribution in [0.5, 0.6) is 0 Å². The highest BCUT2D eigenvalue weighted by molar-refractivity contribution is 6.31. The molecule has 0 aliphatic rings. The summed E-state index contributed by atoms with van der Waals surface area (Å²) in [6, 6.07) is 16.9. The molecule has 0 unspecified atom stereocenters. The number of hydrogen-bond acceptors (Lipinski definition) is 3. The molecule has 0 bridgehead atoms. The Morgan fingerprint density at radius 3 is 2.65 bits per heavy atom. The van der Waals surface area contributed by atoms with Crippen LogP contribution in [0, 0.1) is 6.92 Å². The Morgan fingerprint density at radius 2 is 1.92 bits per heavy atom. The van der Waals surface area contributed by atoms with Gasteiger partial charge in [0.25, 0.3) is 5.91 Å². The second-order valence-electron chi connectivity index (χ2n) is 6.07. The zero-order valence-electron chi connectivity index (χ0n) is 14.1. The van der Waals surface area contributed by atoms with Crippen molar-refractivity contribution in [2.45, 2.75) is 13.5 Å². The first-order valence-electron chi connectivity index (χ1n) is 8.21. The van der Waals surface area contributed by atoms with Crippen molar-refractivity contribution in [2.75, 3.05) is 0 Å². The van der Waals surface area contributed by atoms with Gasteiger partial charge in [0.15, 0.2) is 0 Å². The van der Waals surface area contributed by atoms with E-state index in [1.807, 2.05) is 37.3 Å². The van der Waals surface area contributed by atoms with Crippen LogP contribution < -0.4 is 5.32 Å². The third-order valence-electron chi connectivity index (χ3n) is 4.20. The van der Waals surface area contributed by atoms with E-state index in [0.29, 0.717) is 16.4 Å². The average Bonchev–Trinajstić information content (AvgIpc) is 3.28. The molecule has 130 valence electrons. The van der Waals surface area contributed by atoms with E-state index in [1.54, 1.807) is 30.5 Å². The molecule has 0 atom stereocenters. The molecule has 4 nitrogen and oxygen atoms in total. The van der Waals surface area contributed by atoms with E-state index in [2.05, 4.69) is 5.32 Å². The Morgan fingerprint density at radius 1 is 1.12 bits per heavy atom. The van der Waals surface area contributed by atoms with Gasteiger partial charge in [-0.1, -0.05) is 41.4 Å². The number of hydrogen-bond donors (Lipinski definition) is 1. The van der Waals surface area contributed by atoms with Crippen molar-refractivity contribution >= 4 is 28.5 Å². The zero-order valence-corrected chi connectivity index (χ0v) is 14.8. The predicted octanol–water partition coefficient (Wildman–Crippen LogP) is 5.58. The fourth-order valence-corrected chi connectivity index (χ4v) is 3.07. The third-order valence-corrected chi connectivity index (χ3v) is 4.43. The lowest BCUT2D eigenvalue weighted by Gasteiger charge is -2.05. The number of carbonyl (C=O) groups excluding carboxylic acids is 1. The van der Waals surface area contributed by atoms with Crippen molar-refractivity contribution in [3.05, 3.63) is 83.0 Å². The van der Waals surface area contributed by atoms with Gasteiger partial charge in [-0.25, -0.2) is 0 Å². The summed E-state index contributed by atoms with van der Waals surface area (Å²) in [7, 11) is 0. The zero-order chi connectivity index (χ0) is 18.1. The lowest BCUT2D eigenvalue weighted by atomic mass is 10.0. The first kappa shape index (κ1) is 16.5. The summed E-state index contributed by atoms with van der Waals surface area (Å²) >= 11 is 6.17. The van der Waals surface area contributed by atoms with Gasteiger partial charge in [-0.15, -0.1) is 0 Å². The molecule has 0 saturated carbocycles. The van der Waals surface area contributed by atoms with Crippen LogP contribution in [-0.2, 0) is 6.54 Å². The van der Waals surface area contributed by atoms with Gasteiger partial charge in [-0.3, -0.25) is 4.79 Å². The summed E-state index contributed by atoms with van der Waals surface area (Å²) in [6.45, 7) is 2.31. The maximum atomic E-state index is 12.8. The SMILES string of the molecule is Cc1ccc(-c2c(C(=O)NCc3ccco3)oc3ccc(Cl)cc23)cc1. The summed E-state index contributed by atoms with van der Waals surface area (Å²) in [5.74, 6) is 0.636. The van der Waals surface area contributed by atoms with E-state index < -0.39 is 0 Å². The lowest BCUT2D eigenvalue weighted by molar-refractivity contribution is 0.0923. The number of amides is 1. The molecular formula is C21H16ClNO3. The molecule has 0 fully saturated rings. The maximum absolute atomic E-state index is 12.8. The summed E-state index contributed by atoms with van der Waals surface area (Å²) in [4.78, 5) is 12.8. The van der Waals surface area contributed by atoms with Crippen LogP contribution >= 0.6 is 11.6 Å². The Bertz CT molecular complexity index is 1060. The number of fused-ring (bicyclic) bond motifs is 1. The molecule has 0 radical (unpaired) electrons. The largest absolute Gasteiger partial charge is 0.467 e. The van der Waals surface area contributed by atoms with Crippen LogP contribution in [-0.4, -0.2) is 5.91 Å². The third kappa shape index (κ3) is 3.11. The van der Waals surface area contributed by atoms with Crippen LogP contribution in [0.15, 0.2) is 69.7 Å². The number of rotatable bonds is 4. The normalized spacial score (nSPS) is 11.0. The van der Waals surface area contributed by atoms with Crippen molar-refractivity contribution < 1.29 is 13.6 Å².